The van der Waals surface area contributed by atoms with Crippen molar-refractivity contribution in [1.82, 2.24) is 9.55 Å². The molecule has 0 fully saturated rings. The van der Waals surface area contributed by atoms with E-state index in [0.717, 1.165) is 11.8 Å². The number of thioether (sulfide) groups is 1. The van der Waals surface area contributed by atoms with E-state index >= 15 is 0 Å². The minimum Gasteiger partial charge on any atom is -0.394 e. The third-order valence-corrected chi connectivity index (χ3v) is 4.45. The second-order valence-electron chi connectivity index (χ2n) is 4.26. The molecule has 0 aromatic carbocycles. The Morgan fingerprint density at radius 1 is 1.63 bits per heavy atom. The van der Waals surface area contributed by atoms with Crippen LogP contribution in [0.1, 0.15) is 10.9 Å². The summed E-state index contributed by atoms with van der Waals surface area (Å²) in [7, 11) is 0. The van der Waals surface area contributed by atoms with Gasteiger partial charge in [0.15, 0.2) is 0 Å². The monoisotopic (exact) mass is 283 g/mol. The minimum atomic E-state index is -1.23. The number of aliphatic hydroxyl groups is 1. The number of aromatic amines is 1. The standard InChI is InChI=1S/C11H13N3O4S/c1-6-4-14(10(18)13-8(6)16)7-2-3-11(5-15,19-7)9(12)17/h2-4,7,15H,5H2,1H3,(H2,12,17)(H,13,16,18)/t7-,11+/m1/s1. The maximum Gasteiger partial charge on any atom is 0.329 e. The highest BCUT2D eigenvalue weighted by atomic mass is 32.2. The molecule has 7 nitrogen and oxygen atoms in total. The van der Waals surface area contributed by atoms with Crippen molar-refractivity contribution in [3.05, 3.63) is 44.8 Å². The van der Waals surface area contributed by atoms with Crippen LogP contribution >= 0.6 is 11.8 Å². The Morgan fingerprint density at radius 3 is 2.84 bits per heavy atom. The SMILES string of the molecule is Cc1cn([C@H]2C=C[C@](CO)(C(N)=O)S2)c(=O)[nH]c1=O. The Morgan fingerprint density at radius 2 is 2.32 bits per heavy atom. The largest absolute Gasteiger partial charge is 0.394 e. The van der Waals surface area contributed by atoms with Crippen LogP contribution in [0.25, 0.3) is 0 Å². The highest BCUT2D eigenvalue weighted by Gasteiger charge is 2.41. The Labute approximate surface area is 112 Å². The maximum atomic E-state index is 11.7. The number of amides is 1. The number of nitrogens with one attached hydrogen (secondary N) is 1. The van der Waals surface area contributed by atoms with Crippen molar-refractivity contribution >= 4 is 17.7 Å². The van der Waals surface area contributed by atoms with Gasteiger partial charge in [-0.3, -0.25) is 19.1 Å². The van der Waals surface area contributed by atoms with Gasteiger partial charge in [-0.2, -0.15) is 0 Å². The second kappa shape index (κ2) is 4.71. The normalized spacial score (nSPS) is 25.7. The first-order valence-electron chi connectivity index (χ1n) is 5.49. The van der Waals surface area contributed by atoms with Crippen LogP contribution in [0, 0.1) is 6.92 Å². The summed E-state index contributed by atoms with van der Waals surface area (Å²) in [6, 6.07) is 0. The number of hydrogen-bond acceptors (Lipinski definition) is 5. The van der Waals surface area contributed by atoms with Gasteiger partial charge in [0.05, 0.1) is 6.61 Å². The molecule has 1 aliphatic heterocycles. The average Bonchev–Trinajstić information content (AvgIpc) is 2.79. The first-order valence-corrected chi connectivity index (χ1v) is 6.37. The van der Waals surface area contributed by atoms with Gasteiger partial charge in [-0.25, -0.2) is 4.79 Å². The van der Waals surface area contributed by atoms with Crippen LogP contribution in [0.15, 0.2) is 27.9 Å². The van der Waals surface area contributed by atoms with Crippen molar-refractivity contribution in [3.8, 4) is 0 Å². The third kappa shape index (κ3) is 2.24. The summed E-state index contributed by atoms with van der Waals surface area (Å²) < 4.78 is 0.0619. The fourth-order valence-corrected chi connectivity index (χ4v) is 2.97. The first-order chi connectivity index (χ1) is 8.89. The number of carbonyl (C=O) groups is 1. The lowest BCUT2D eigenvalue weighted by Gasteiger charge is -2.22. The van der Waals surface area contributed by atoms with Crippen molar-refractivity contribution in [3.63, 3.8) is 0 Å². The number of nitrogens with zero attached hydrogens (tertiary/aromatic N) is 1. The molecule has 1 amide bonds. The zero-order valence-corrected chi connectivity index (χ0v) is 10.9. The predicted molar refractivity (Wildman–Crippen MR) is 70.8 cm³/mol. The Kier molecular flexibility index (Phi) is 3.38. The summed E-state index contributed by atoms with van der Waals surface area (Å²) >= 11 is 1.05. The van der Waals surface area contributed by atoms with Crippen molar-refractivity contribution in [2.45, 2.75) is 17.0 Å². The molecule has 19 heavy (non-hydrogen) atoms. The summed E-state index contributed by atoms with van der Waals surface area (Å²) in [5.41, 5.74) is 4.62. The molecule has 1 aromatic heterocycles. The van der Waals surface area contributed by atoms with Gasteiger partial charge in [0.25, 0.3) is 5.56 Å². The number of rotatable bonds is 3. The minimum absolute atomic E-state index is 0.383. The molecule has 2 atom stereocenters. The molecule has 0 radical (unpaired) electrons. The van der Waals surface area contributed by atoms with Crippen LogP contribution < -0.4 is 17.0 Å². The molecule has 0 saturated heterocycles. The summed E-state index contributed by atoms with van der Waals surface area (Å²) in [6.07, 6.45) is 4.50. The molecule has 0 bridgehead atoms. The van der Waals surface area contributed by atoms with Gasteiger partial charge in [0.1, 0.15) is 10.1 Å². The summed E-state index contributed by atoms with van der Waals surface area (Å²) in [6.45, 7) is 1.13. The topological polar surface area (TPSA) is 118 Å². The van der Waals surface area contributed by atoms with E-state index in [1.54, 1.807) is 13.0 Å². The maximum absolute atomic E-state index is 11.7. The lowest BCUT2D eigenvalue weighted by molar-refractivity contribution is -0.119. The van der Waals surface area contributed by atoms with Gasteiger partial charge < -0.3 is 10.8 Å². The lowest BCUT2D eigenvalue weighted by atomic mass is 10.1. The van der Waals surface area contributed by atoms with Gasteiger partial charge in [-0.05, 0) is 6.92 Å². The van der Waals surface area contributed by atoms with Gasteiger partial charge in [0, 0.05) is 11.8 Å². The highest BCUT2D eigenvalue weighted by molar-refractivity contribution is 8.02. The average molecular weight is 283 g/mol. The predicted octanol–water partition coefficient (Wildman–Crippen LogP) is -1.14. The zero-order valence-electron chi connectivity index (χ0n) is 10.1. The van der Waals surface area contributed by atoms with E-state index in [2.05, 4.69) is 4.98 Å². The summed E-state index contributed by atoms with van der Waals surface area (Å²) in [4.78, 5) is 36.6. The number of aryl methyl sites for hydroxylation is 1. The van der Waals surface area contributed by atoms with Crippen LogP contribution in [-0.4, -0.2) is 31.9 Å². The molecule has 0 aliphatic carbocycles. The van der Waals surface area contributed by atoms with Gasteiger partial charge in [0.2, 0.25) is 5.91 Å². The number of aromatic nitrogens is 2. The number of nitrogens with two attached hydrogens (primary N) is 1. The molecule has 1 aromatic rings. The van der Waals surface area contributed by atoms with Gasteiger partial charge >= 0.3 is 5.69 Å². The Bertz CT molecular complexity index is 663. The quantitative estimate of drug-likeness (QED) is 0.606. The number of aliphatic hydroxyl groups excluding tert-OH is 1. The molecule has 2 heterocycles. The summed E-state index contributed by atoms with van der Waals surface area (Å²) in [5, 5.41) is 8.80. The Hall–Kier alpha value is -1.80. The van der Waals surface area contributed by atoms with Gasteiger partial charge in [-0.15, -0.1) is 11.8 Å². The molecular formula is C11H13N3O4S. The highest BCUT2D eigenvalue weighted by Crippen LogP contribution is 2.42. The van der Waals surface area contributed by atoms with E-state index in [4.69, 9.17) is 5.73 Å². The molecule has 8 heteroatoms. The van der Waals surface area contributed by atoms with Crippen LogP contribution in [0.2, 0.25) is 0 Å². The van der Waals surface area contributed by atoms with Crippen molar-refractivity contribution < 1.29 is 9.90 Å². The molecule has 0 unspecified atom stereocenters. The molecule has 102 valence electrons. The zero-order chi connectivity index (χ0) is 14.2. The van der Waals surface area contributed by atoms with E-state index in [9.17, 15) is 19.5 Å². The summed E-state index contributed by atoms with van der Waals surface area (Å²) in [5.74, 6) is -0.673. The smallest absolute Gasteiger partial charge is 0.329 e. The lowest BCUT2D eigenvalue weighted by Crippen LogP contribution is -2.41. The molecule has 0 spiro atoms. The van der Waals surface area contributed by atoms with E-state index in [-0.39, 0.29) is 0 Å². The second-order valence-corrected chi connectivity index (χ2v) is 5.71. The van der Waals surface area contributed by atoms with Gasteiger partial charge in [-0.1, -0.05) is 12.2 Å². The van der Waals surface area contributed by atoms with E-state index < -0.39 is 33.9 Å². The fraction of sp³-hybridized carbons (Fsp3) is 0.364. The molecular weight excluding hydrogens is 270 g/mol. The number of H-pyrrole nitrogens is 1. The van der Waals surface area contributed by atoms with Crippen molar-refractivity contribution in [1.29, 1.82) is 0 Å². The third-order valence-electron chi connectivity index (χ3n) is 2.93. The molecule has 1 aliphatic rings. The first kappa shape index (κ1) is 13.6. The van der Waals surface area contributed by atoms with Crippen LogP contribution in [0.4, 0.5) is 0 Å². The molecule has 4 N–H and O–H groups in total. The Balaban J connectivity index is 2.40. The number of carbonyl (C=O) groups excluding carboxylic acids is 1. The van der Waals surface area contributed by atoms with Crippen molar-refractivity contribution in [2.75, 3.05) is 6.61 Å². The molecule has 2 rings (SSSR count). The van der Waals surface area contributed by atoms with Crippen LogP contribution in [0.5, 0.6) is 0 Å². The van der Waals surface area contributed by atoms with E-state index in [1.807, 2.05) is 0 Å². The van der Waals surface area contributed by atoms with Crippen molar-refractivity contribution in [2.24, 2.45) is 5.73 Å². The van der Waals surface area contributed by atoms with E-state index in [1.165, 1.54) is 16.8 Å². The van der Waals surface area contributed by atoms with Crippen LogP contribution in [-0.2, 0) is 4.79 Å². The fourth-order valence-electron chi connectivity index (χ4n) is 1.76. The van der Waals surface area contributed by atoms with E-state index in [0.29, 0.717) is 5.56 Å². The number of primary amides is 1. The molecule has 0 saturated carbocycles. The number of hydrogen-bond donors (Lipinski definition) is 3. The van der Waals surface area contributed by atoms with Crippen LogP contribution in [0.3, 0.4) is 0 Å².